The molecule has 1 aliphatic heterocycles. The molecule has 2 aromatic rings. The van der Waals surface area contributed by atoms with Crippen LogP contribution < -0.4 is 5.36 Å². The summed E-state index contributed by atoms with van der Waals surface area (Å²) < 4.78 is 5.97. The average Bonchev–Trinajstić information content (AvgIpc) is 2.52. The zero-order valence-corrected chi connectivity index (χ0v) is 11.0. The summed E-state index contributed by atoms with van der Waals surface area (Å²) >= 11 is 0. The summed E-state index contributed by atoms with van der Waals surface area (Å²) in [7, 11) is 1.77. The van der Waals surface area contributed by atoms with Crippen LogP contribution in [0.25, 0.3) is 33.3 Å². The molecule has 0 spiro atoms. The molecule has 0 amide bonds. The maximum atomic E-state index is 5.97. The van der Waals surface area contributed by atoms with Gasteiger partial charge in [-0.05, 0) is 23.6 Å². The van der Waals surface area contributed by atoms with Gasteiger partial charge in [0.15, 0.2) is 11.3 Å². The largest absolute Gasteiger partial charge is 0.453 e. The minimum Gasteiger partial charge on any atom is -0.453 e. The van der Waals surface area contributed by atoms with E-state index >= 15 is 0 Å². The lowest BCUT2D eigenvalue weighted by Crippen LogP contribution is -2.01. The topological polar surface area (TPSA) is 38.4 Å². The number of hydrogen-bond donors (Lipinski definition) is 0. The quantitative estimate of drug-likeness (QED) is 0.358. The van der Waals surface area contributed by atoms with Crippen LogP contribution in [0.2, 0.25) is 0 Å². The fourth-order valence-electron chi connectivity index (χ4n) is 2.49. The van der Waals surface area contributed by atoms with Crippen LogP contribution >= 0.6 is 0 Å². The van der Waals surface area contributed by atoms with Crippen molar-refractivity contribution in [1.82, 2.24) is 4.98 Å². The molecule has 2 aromatic carbocycles. The molecule has 0 atom stereocenters. The number of fused-ring (bicyclic) bond motifs is 4. The smallest absolute Gasteiger partial charge is 0.155 e. The van der Waals surface area contributed by atoms with E-state index in [0.29, 0.717) is 0 Å². The van der Waals surface area contributed by atoms with Crippen LogP contribution in [0.4, 0.5) is 0 Å². The van der Waals surface area contributed by atoms with Crippen molar-refractivity contribution in [2.75, 3.05) is 7.05 Å². The number of hydrogen-bond acceptors (Lipinski definition) is 3. The fourth-order valence-corrected chi connectivity index (χ4v) is 2.49. The molecule has 0 saturated heterocycles. The molecule has 1 aliphatic carbocycles. The minimum absolute atomic E-state index is 0.760. The van der Waals surface area contributed by atoms with Gasteiger partial charge in [0.2, 0.25) is 0 Å². The Bertz CT molecular complexity index is 969. The second-order valence-corrected chi connectivity index (χ2v) is 4.72. The maximum Gasteiger partial charge on any atom is 0.155 e. The summed E-state index contributed by atoms with van der Waals surface area (Å²) in [5.41, 5.74) is 2.54. The van der Waals surface area contributed by atoms with Crippen LogP contribution in [-0.2, 0) is 0 Å². The van der Waals surface area contributed by atoms with E-state index in [1.807, 2.05) is 36.4 Å². The standard InChI is InChI=1S/C17H12N2O/c1-18-12-7-8-14-16(10-12)20-15-9-6-11-4-2-3-5-13(11)17(15)19-14/h2-10H,1H3/b18-12-. The molecule has 0 bridgehead atoms. The van der Waals surface area contributed by atoms with Crippen molar-refractivity contribution in [2.24, 2.45) is 4.99 Å². The van der Waals surface area contributed by atoms with Crippen LogP contribution in [0.5, 0.6) is 0 Å². The van der Waals surface area contributed by atoms with Gasteiger partial charge in [0.05, 0.1) is 5.36 Å². The van der Waals surface area contributed by atoms with Crippen molar-refractivity contribution in [1.29, 1.82) is 0 Å². The average molecular weight is 260 g/mol. The Morgan fingerprint density at radius 2 is 1.90 bits per heavy atom. The molecule has 4 rings (SSSR count). The molecule has 0 aromatic heterocycles. The first-order chi connectivity index (χ1) is 9.85. The summed E-state index contributed by atoms with van der Waals surface area (Å²) in [5, 5.41) is 3.17. The molecular formula is C17H12N2O. The first kappa shape index (κ1) is 11.2. The number of benzene rings is 3. The molecule has 96 valence electrons. The molecule has 20 heavy (non-hydrogen) atoms. The van der Waals surface area contributed by atoms with Crippen LogP contribution in [-0.4, -0.2) is 12.0 Å². The van der Waals surface area contributed by atoms with Gasteiger partial charge >= 0.3 is 0 Å². The van der Waals surface area contributed by atoms with E-state index in [9.17, 15) is 0 Å². The summed E-state index contributed by atoms with van der Waals surface area (Å²) in [6, 6.07) is 18.0. The van der Waals surface area contributed by atoms with Gasteiger partial charge in [0.25, 0.3) is 0 Å². The molecule has 1 heterocycles. The van der Waals surface area contributed by atoms with Gasteiger partial charge in [-0.3, -0.25) is 4.99 Å². The molecule has 3 heteroatoms. The Hall–Kier alpha value is -2.68. The third kappa shape index (κ3) is 1.60. The zero-order valence-electron chi connectivity index (χ0n) is 11.0. The normalized spacial score (nSPS) is 12.6. The first-order valence-electron chi connectivity index (χ1n) is 6.50. The Labute approximate surface area is 115 Å². The van der Waals surface area contributed by atoms with Crippen molar-refractivity contribution in [3.8, 4) is 11.5 Å². The molecular weight excluding hydrogens is 248 g/mol. The maximum absolute atomic E-state index is 5.97. The van der Waals surface area contributed by atoms with E-state index < -0.39 is 0 Å². The molecule has 2 aliphatic rings. The second kappa shape index (κ2) is 4.17. The number of nitrogens with zero attached hydrogens (tertiary/aromatic N) is 2. The second-order valence-electron chi connectivity index (χ2n) is 4.72. The van der Waals surface area contributed by atoms with Crippen molar-refractivity contribution >= 4 is 21.9 Å². The van der Waals surface area contributed by atoms with E-state index in [0.717, 1.165) is 33.3 Å². The van der Waals surface area contributed by atoms with E-state index in [4.69, 9.17) is 9.40 Å². The van der Waals surface area contributed by atoms with E-state index in [1.165, 1.54) is 5.39 Å². The van der Waals surface area contributed by atoms with E-state index in [2.05, 4.69) is 23.2 Å². The summed E-state index contributed by atoms with van der Waals surface area (Å²) in [6.07, 6.45) is 0. The van der Waals surface area contributed by atoms with Crippen molar-refractivity contribution in [3.05, 3.63) is 60.0 Å². The molecule has 0 unspecified atom stereocenters. The number of rotatable bonds is 0. The summed E-state index contributed by atoms with van der Waals surface area (Å²) in [6.45, 7) is 0. The molecule has 0 N–H and O–H groups in total. The van der Waals surface area contributed by atoms with E-state index in [1.54, 1.807) is 7.05 Å². The van der Waals surface area contributed by atoms with Gasteiger partial charge in [0.1, 0.15) is 11.2 Å². The van der Waals surface area contributed by atoms with Gasteiger partial charge in [0, 0.05) is 18.5 Å². The van der Waals surface area contributed by atoms with Gasteiger partial charge in [-0.2, -0.15) is 0 Å². The zero-order chi connectivity index (χ0) is 13.5. The predicted molar refractivity (Wildman–Crippen MR) is 79.6 cm³/mol. The SMILES string of the molecule is C/N=c1/ccc2nc3c(ccc4ccccc43)oc-2c1. The Morgan fingerprint density at radius 1 is 1.00 bits per heavy atom. The first-order valence-corrected chi connectivity index (χ1v) is 6.50. The van der Waals surface area contributed by atoms with Crippen molar-refractivity contribution in [2.45, 2.75) is 0 Å². The molecule has 0 radical (unpaired) electrons. The molecule has 3 nitrogen and oxygen atoms in total. The van der Waals surface area contributed by atoms with Gasteiger partial charge in [-0.25, -0.2) is 4.98 Å². The van der Waals surface area contributed by atoms with Crippen molar-refractivity contribution in [3.63, 3.8) is 0 Å². The highest BCUT2D eigenvalue weighted by atomic mass is 16.3. The Morgan fingerprint density at radius 3 is 2.80 bits per heavy atom. The molecule has 0 fully saturated rings. The van der Waals surface area contributed by atoms with Crippen LogP contribution in [0.1, 0.15) is 0 Å². The third-order valence-electron chi connectivity index (χ3n) is 3.52. The predicted octanol–water partition coefficient (Wildman–Crippen LogP) is 3.62. The van der Waals surface area contributed by atoms with Crippen LogP contribution in [0.15, 0.2) is 64.0 Å². The van der Waals surface area contributed by atoms with Crippen molar-refractivity contribution < 1.29 is 4.42 Å². The van der Waals surface area contributed by atoms with Crippen LogP contribution in [0, 0.1) is 0 Å². The lowest BCUT2D eigenvalue weighted by molar-refractivity contribution is 0.612. The lowest BCUT2D eigenvalue weighted by atomic mass is 10.1. The summed E-state index contributed by atoms with van der Waals surface area (Å²) in [5.74, 6) is 0.760. The number of aromatic nitrogens is 1. The lowest BCUT2D eigenvalue weighted by Gasteiger charge is -2.08. The minimum atomic E-state index is 0.760. The third-order valence-corrected chi connectivity index (χ3v) is 3.52. The van der Waals surface area contributed by atoms with Gasteiger partial charge < -0.3 is 4.42 Å². The van der Waals surface area contributed by atoms with Gasteiger partial charge in [-0.15, -0.1) is 0 Å². The monoisotopic (exact) mass is 260 g/mol. The Balaban J connectivity index is 2.19. The molecule has 0 saturated carbocycles. The van der Waals surface area contributed by atoms with Gasteiger partial charge in [-0.1, -0.05) is 30.3 Å². The summed E-state index contributed by atoms with van der Waals surface area (Å²) in [4.78, 5) is 8.91. The van der Waals surface area contributed by atoms with Crippen LogP contribution in [0.3, 0.4) is 0 Å². The Kier molecular flexibility index (Phi) is 2.33. The highest BCUT2D eigenvalue weighted by Crippen LogP contribution is 2.28. The van der Waals surface area contributed by atoms with E-state index in [-0.39, 0.29) is 0 Å². The highest BCUT2D eigenvalue weighted by Gasteiger charge is 2.10. The highest BCUT2D eigenvalue weighted by molar-refractivity contribution is 6.03. The fraction of sp³-hybridized carbons (Fsp3) is 0.0588.